The number of anilines is 1. The first-order chi connectivity index (χ1) is 9.13. The molecule has 1 aromatic carbocycles. The Kier molecular flexibility index (Phi) is 3.89. The Balaban J connectivity index is 2.23. The fourth-order valence-electron chi connectivity index (χ4n) is 1.80. The number of rotatable bonds is 5. The zero-order valence-electron chi connectivity index (χ0n) is 10.7. The fourth-order valence-corrected chi connectivity index (χ4v) is 1.80. The summed E-state index contributed by atoms with van der Waals surface area (Å²) in [4.78, 5) is 23.3. The Labute approximate surface area is 109 Å². The molecule has 6 heteroatoms. The van der Waals surface area contributed by atoms with Gasteiger partial charge in [-0.05, 0) is 18.6 Å². The van der Waals surface area contributed by atoms with E-state index in [1.807, 2.05) is 6.92 Å². The maximum Gasteiger partial charge on any atom is 0.420 e. The summed E-state index contributed by atoms with van der Waals surface area (Å²) in [5, 5.41) is 0. The second-order valence-corrected chi connectivity index (χ2v) is 4.22. The van der Waals surface area contributed by atoms with Crippen molar-refractivity contribution in [2.24, 2.45) is 0 Å². The van der Waals surface area contributed by atoms with E-state index in [1.54, 1.807) is 18.2 Å². The van der Waals surface area contributed by atoms with Gasteiger partial charge in [0.25, 0.3) is 0 Å². The number of unbranched alkanes of at least 4 members (excludes halogenated alkanes) is 1. The van der Waals surface area contributed by atoms with Crippen LogP contribution in [0.15, 0.2) is 27.4 Å². The topological polar surface area (TPSA) is 87.5 Å². The van der Waals surface area contributed by atoms with Crippen LogP contribution < -0.4 is 11.5 Å². The molecule has 0 radical (unpaired) electrons. The minimum absolute atomic E-state index is 0.191. The molecule has 0 saturated heterocycles. The van der Waals surface area contributed by atoms with Gasteiger partial charge in [-0.25, -0.2) is 4.79 Å². The summed E-state index contributed by atoms with van der Waals surface area (Å²) in [5.74, 6) is -1.08. The van der Waals surface area contributed by atoms with Gasteiger partial charge in [0.2, 0.25) is 0 Å². The smallest absolute Gasteiger partial charge is 0.420 e. The number of carbonyl (C=O) groups is 1. The molecular formula is C13H16N2O4. The molecule has 0 aliphatic carbocycles. The summed E-state index contributed by atoms with van der Waals surface area (Å²) in [6, 6.07) is 4.97. The zero-order chi connectivity index (χ0) is 13.8. The molecule has 0 aliphatic rings. The molecule has 0 fully saturated rings. The number of fused-ring (bicyclic) bond motifs is 1. The van der Waals surface area contributed by atoms with Crippen molar-refractivity contribution in [1.82, 2.24) is 4.57 Å². The molecule has 2 rings (SSSR count). The number of carbonyl (C=O) groups excluding carboxylic acids is 1. The number of ether oxygens (including phenoxy) is 1. The van der Waals surface area contributed by atoms with Crippen LogP contribution in [0, 0.1) is 0 Å². The number of para-hydroxylation sites is 1. The van der Waals surface area contributed by atoms with Crippen molar-refractivity contribution in [2.45, 2.75) is 26.3 Å². The molecule has 0 spiro atoms. The summed E-state index contributed by atoms with van der Waals surface area (Å²) in [7, 11) is 0. The lowest BCUT2D eigenvalue weighted by atomic mass is 10.3. The summed E-state index contributed by atoms with van der Waals surface area (Å²) in [6.45, 7) is 2.17. The summed E-state index contributed by atoms with van der Waals surface area (Å²) >= 11 is 0. The number of nitrogens with two attached hydrogens (primary N) is 1. The largest absolute Gasteiger partial charge is 0.464 e. The summed E-state index contributed by atoms with van der Waals surface area (Å²) in [6.07, 6.45) is 1.74. The first kappa shape index (κ1) is 13.2. The van der Waals surface area contributed by atoms with Crippen molar-refractivity contribution < 1.29 is 13.9 Å². The third-order valence-electron chi connectivity index (χ3n) is 2.77. The molecule has 0 unspecified atom stereocenters. The van der Waals surface area contributed by atoms with Gasteiger partial charge < -0.3 is 14.9 Å². The van der Waals surface area contributed by atoms with E-state index >= 15 is 0 Å². The SMILES string of the molecule is CCCCOC(=O)Cn1c(=O)oc2cccc(N)c21. The van der Waals surface area contributed by atoms with E-state index in [-0.39, 0.29) is 6.54 Å². The number of aromatic nitrogens is 1. The van der Waals surface area contributed by atoms with Gasteiger partial charge >= 0.3 is 11.7 Å². The van der Waals surface area contributed by atoms with Gasteiger partial charge in [-0.3, -0.25) is 9.36 Å². The highest BCUT2D eigenvalue weighted by Crippen LogP contribution is 2.19. The Bertz CT molecular complexity index is 642. The molecule has 2 aromatic rings. The van der Waals surface area contributed by atoms with E-state index in [4.69, 9.17) is 14.9 Å². The molecule has 0 bridgehead atoms. The molecule has 0 aliphatic heterocycles. The number of nitrogen functional groups attached to an aromatic ring is 1. The number of hydrogen-bond donors (Lipinski definition) is 1. The van der Waals surface area contributed by atoms with E-state index in [9.17, 15) is 9.59 Å². The number of benzene rings is 1. The Morgan fingerprint density at radius 1 is 1.47 bits per heavy atom. The Morgan fingerprint density at radius 2 is 2.26 bits per heavy atom. The summed E-state index contributed by atoms with van der Waals surface area (Å²) < 4.78 is 11.2. The second-order valence-electron chi connectivity index (χ2n) is 4.22. The number of hydrogen-bond acceptors (Lipinski definition) is 5. The summed E-state index contributed by atoms with van der Waals surface area (Å²) in [5.41, 5.74) is 6.99. The van der Waals surface area contributed by atoms with E-state index in [0.717, 1.165) is 12.8 Å². The van der Waals surface area contributed by atoms with Crippen molar-refractivity contribution in [3.63, 3.8) is 0 Å². The Hall–Kier alpha value is -2.24. The fraction of sp³-hybridized carbons (Fsp3) is 0.385. The molecule has 0 amide bonds. The van der Waals surface area contributed by atoms with Gasteiger partial charge in [0.15, 0.2) is 5.58 Å². The van der Waals surface area contributed by atoms with Crippen LogP contribution in [0.25, 0.3) is 11.1 Å². The van der Waals surface area contributed by atoms with Crippen LogP contribution in [-0.4, -0.2) is 17.1 Å². The third-order valence-corrected chi connectivity index (χ3v) is 2.77. The standard InChI is InChI=1S/C13H16N2O4/c1-2-3-7-18-11(16)8-15-12-9(14)5-4-6-10(12)19-13(15)17/h4-6H,2-3,7-8,14H2,1H3. The molecule has 19 heavy (non-hydrogen) atoms. The van der Waals surface area contributed by atoms with Crippen LogP contribution in [0.2, 0.25) is 0 Å². The van der Waals surface area contributed by atoms with Crippen molar-refractivity contribution in [2.75, 3.05) is 12.3 Å². The van der Waals surface area contributed by atoms with Crippen LogP contribution >= 0.6 is 0 Å². The molecule has 2 N–H and O–H groups in total. The van der Waals surface area contributed by atoms with Crippen molar-refractivity contribution in [3.05, 3.63) is 28.7 Å². The van der Waals surface area contributed by atoms with Crippen LogP contribution in [0.5, 0.6) is 0 Å². The van der Waals surface area contributed by atoms with Gasteiger partial charge in [0.05, 0.1) is 12.3 Å². The number of esters is 1. The van der Waals surface area contributed by atoms with Gasteiger partial charge in [-0.15, -0.1) is 0 Å². The first-order valence-corrected chi connectivity index (χ1v) is 6.17. The second kappa shape index (κ2) is 5.60. The number of nitrogens with zero attached hydrogens (tertiary/aromatic N) is 1. The molecule has 102 valence electrons. The highest BCUT2D eigenvalue weighted by Gasteiger charge is 2.15. The first-order valence-electron chi connectivity index (χ1n) is 6.17. The third kappa shape index (κ3) is 2.78. The predicted molar refractivity (Wildman–Crippen MR) is 70.8 cm³/mol. The molecule has 1 heterocycles. The van der Waals surface area contributed by atoms with Crippen molar-refractivity contribution >= 4 is 22.8 Å². The van der Waals surface area contributed by atoms with Gasteiger partial charge in [0.1, 0.15) is 12.1 Å². The lowest BCUT2D eigenvalue weighted by molar-refractivity contribution is -0.144. The number of oxazole rings is 1. The van der Waals surface area contributed by atoms with Gasteiger partial charge in [0, 0.05) is 0 Å². The molecule has 0 atom stereocenters. The quantitative estimate of drug-likeness (QED) is 0.502. The normalized spacial score (nSPS) is 10.8. The minimum atomic E-state index is -0.611. The maximum absolute atomic E-state index is 11.7. The average Bonchev–Trinajstić information content (AvgIpc) is 2.67. The van der Waals surface area contributed by atoms with E-state index in [1.165, 1.54) is 4.57 Å². The maximum atomic E-state index is 11.7. The lowest BCUT2D eigenvalue weighted by Gasteiger charge is -2.05. The van der Waals surface area contributed by atoms with Crippen LogP contribution in [0.3, 0.4) is 0 Å². The van der Waals surface area contributed by atoms with Crippen molar-refractivity contribution in [1.29, 1.82) is 0 Å². The highest BCUT2D eigenvalue weighted by atomic mass is 16.5. The average molecular weight is 264 g/mol. The van der Waals surface area contributed by atoms with Gasteiger partial charge in [-0.2, -0.15) is 0 Å². The molecule has 6 nitrogen and oxygen atoms in total. The van der Waals surface area contributed by atoms with E-state index in [2.05, 4.69) is 0 Å². The molecule has 0 saturated carbocycles. The van der Waals surface area contributed by atoms with Crippen LogP contribution in [-0.2, 0) is 16.1 Å². The lowest BCUT2D eigenvalue weighted by Crippen LogP contribution is -2.22. The highest BCUT2D eigenvalue weighted by molar-refractivity contribution is 5.86. The zero-order valence-corrected chi connectivity index (χ0v) is 10.7. The minimum Gasteiger partial charge on any atom is -0.464 e. The molecular weight excluding hydrogens is 248 g/mol. The van der Waals surface area contributed by atoms with E-state index in [0.29, 0.717) is 23.4 Å². The Morgan fingerprint density at radius 3 is 3.00 bits per heavy atom. The van der Waals surface area contributed by atoms with Crippen LogP contribution in [0.4, 0.5) is 5.69 Å². The predicted octanol–water partition coefficient (Wildman–Crippen LogP) is 1.52. The van der Waals surface area contributed by atoms with Crippen LogP contribution in [0.1, 0.15) is 19.8 Å². The molecule has 1 aromatic heterocycles. The monoisotopic (exact) mass is 264 g/mol. The van der Waals surface area contributed by atoms with Crippen molar-refractivity contribution in [3.8, 4) is 0 Å². The van der Waals surface area contributed by atoms with Gasteiger partial charge in [-0.1, -0.05) is 19.4 Å². The van der Waals surface area contributed by atoms with E-state index < -0.39 is 11.7 Å².